The zero-order chi connectivity index (χ0) is 20.3. The van der Waals surface area contributed by atoms with Crippen molar-refractivity contribution >= 4 is 16.8 Å². The van der Waals surface area contributed by atoms with Crippen molar-refractivity contribution in [1.29, 1.82) is 0 Å². The molecule has 0 spiro atoms. The fraction of sp³-hybridized carbons (Fsp3) is 0.400. The monoisotopic (exact) mass is 376 g/mol. The van der Waals surface area contributed by atoms with Crippen molar-refractivity contribution in [3.8, 4) is 0 Å². The molecule has 3 aromatic rings. The second-order valence-corrected chi connectivity index (χ2v) is 9.12. The predicted octanol–water partition coefficient (Wildman–Crippen LogP) is 5.76. The SMILES string of the molecule is CC(C)CNC(=O)CC(c1ccc(C(C)(C)C)cc1)c1c[nH]c2ccccc12. The Hall–Kier alpha value is -2.55. The van der Waals surface area contributed by atoms with Gasteiger partial charge in [-0.25, -0.2) is 0 Å². The van der Waals surface area contributed by atoms with Gasteiger partial charge in [-0.1, -0.05) is 77.1 Å². The summed E-state index contributed by atoms with van der Waals surface area (Å²) in [6, 6.07) is 17.1. The number of para-hydroxylation sites is 1. The Labute approximate surface area is 168 Å². The van der Waals surface area contributed by atoms with Crippen LogP contribution < -0.4 is 5.32 Å². The van der Waals surface area contributed by atoms with Crippen LogP contribution in [0.5, 0.6) is 0 Å². The number of hydrogen-bond acceptors (Lipinski definition) is 1. The molecule has 0 saturated heterocycles. The van der Waals surface area contributed by atoms with Gasteiger partial charge in [0, 0.05) is 36.0 Å². The van der Waals surface area contributed by atoms with Gasteiger partial charge in [-0.2, -0.15) is 0 Å². The van der Waals surface area contributed by atoms with Crippen LogP contribution in [0, 0.1) is 5.92 Å². The molecule has 28 heavy (non-hydrogen) atoms. The molecular formula is C25H32N2O. The zero-order valence-electron chi connectivity index (χ0n) is 17.7. The molecule has 1 atom stereocenters. The van der Waals surface area contributed by atoms with Crippen molar-refractivity contribution in [1.82, 2.24) is 10.3 Å². The van der Waals surface area contributed by atoms with E-state index in [-0.39, 0.29) is 17.2 Å². The van der Waals surface area contributed by atoms with Gasteiger partial charge in [-0.15, -0.1) is 0 Å². The van der Waals surface area contributed by atoms with E-state index in [1.165, 1.54) is 22.1 Å². The third kappa shape index (κ3) is 4.64. The molecule has 148 valence electrons. The van der Waals surface area contributed by atoms with Gasteiger partial charge >= 0.3 is 0 Å². The molecule has 1 unspecified atom stereocenters. The van der Waals surface area contributed by atoms with Crippen molar-refractivity contribution < 1.29 is 4.79 Å². The van der Waals surface area contributed by atoms with Crippen LogP contribution in [-0.2, 0) is 10.2 Å². The van der Waals surface area contributed by atoms with Crippen molar-refractivity contribution in [2.45, 2.75) is 52.4 Å². The van der Waals surface area contributed by atoms with E-state index < -0.39 is 0 Å². The van der Waals surface area contributed by atoms with E-state index in [2.05, 4.69) is 93.6 Å². The molecule has 0 aliphatic carbocycles. The first-order valence-corrected chi connectivity index (χ1v) is 10.2. The number of H-pyrrole nitrogens is 1. The quantitative estimate of drug-likeness (QED) is 0.564. The van der Waals surface area contributed by atoms with E-state index in [1.807, 2.05) is 6.07 Å². The minimum atomic E-state index is 0.0253. The lowest BCUT2D eigenvalue weighted by Crippen LogP contribution is -2.28. The summed E-state index contributed by atoms with van der Waals surface area (Å²) >= 11 is 0. The van der Waals surface area contributed by atoms with Crippen LogP contribution >= 0.6 is 0 Å². The minimum absolute atomic E-state index is 0.0253. The number of rotatable bonds is 6. The van der Waals surface area contributed by atoms with Crippen LogP contribution in [-0.4, -0.2) is 17.4 Å². The first-order chi connectivity index (χ1) is 13.3. The summed E-state index contributed by atoms with van der Waals surface area (Å²) in [4.78, 5) is 16.0. The molecule has 0 saturated carbocycles. The van der Waals surface area contributed by atoms with Gasteiger partial charge in [-0.3, -0.25) is 4.79 Å². The smallest absolute Gasteiger partial charge is 0.220 e. The number of amides is 1. The number of carbonyl (C=O) groups excluding carboxylic acids is 1. The Kier molecular flexibility index (Phi) is 5.93. The number of carbonyl (C=O) groups is 1. The standard InChI is InChI=1S/C25H32N2O/c1-17(2)15-27-24(28)14-21(18-10-12-19(13-11-18)25(3,4)5)22-16-26-23-9-7-6-8-20(22)23/h6-13,16-17,21,26H,14-15H2,1-5H3,(H,27,28). The fourth-order valence-electron chi connectivity index (χ4n) is 3.58. The van der Waals surface area contributed by atoms with Gasteiger partial charge in [0.1, 0.15) is 0 Å². The molecule has 3 nitrogen and oxygen atoms in total. The van der Waals surface area contributed by atoms with E-state index in [0.29, 0.717) is 18.9 Å². The van der Waals surface area contributed by atoms with Gasteiger partial charge in [0.2, 0.25) is 5.91 Å². The predicted molar refractivity (Wildman–Crippen MR) is 118 cm³/mol. The highest BCUT2D eigenvalue weighted by Crippen LogP contribution is 2.34. The topological polar surface area (TPSA) is 44.9 Å². The summed E-state index contributed by atoms with van der Waals surface area (Å²) in [6.45, 7) is 11.6. The van der Waals surface area contributed by atoms with Crippen molar-refractivity contribution in [3.63, 3.8) is 0 Å². The maximum absolute atomic E-state index is 12.7. The number of aromatic amines is 1. The molecular weight excluding hydrogens is 344 g/mol. The van der Waals surface area contributed by atoms with Crippen molar-refractivity contribution in [2.24, 2.45) is 5.92 Å². The lowest BCUT2D eigenvalue weighted by atomic mass is 9.83. The lowest BCUT2D eigenvalue weighted by Gasteiger charge is -2.22. The molecule has 0 aliphatic rings. The average molecular weight is 377 g/mol. The Bertz CT molecular complexity index is 929. The normalized spacial score (nSPS) is 13.1. The summed E-state index contributed by atoms with van der Waals surface area (Å²) in [6.07, 6.45) is 2.51. The third-order valence-electron chi connectivity index (χ3n) is 5.27. The molecule has 0 fully saturated rings. The lowest BCUT2D eigenvalue weighted by molar-refractivity contribution is -0.121. The van der Waals surface area contributed by atoms with E-state index in [9.17, 15) is 4.79 Å². The van der Waals surface area contributed by atoms with Gasteiger partial charge in [-0.05, 0) is 34.1 Å². The van der Waals surface area contributed by atoms with E-state index in [4.69, 9.17) is 0 Å². The van der Waals surface area contributed by atoms with Crippen LogP contribution in [0.3, 0.4) is 0 Å². The molecule has 3 rings (SSSR count). The molecule has 0 radical (unpaired) electrons. The number of aromatic nitrogens is 1. The van der Waals surface area contributed by atoms with Gasteiger partial charge in [0.25, 0.3) is 0 Å². The molecule has 2 aromatic carbocycles. The summed E-state index contributed by atoms with van der Waals surface area (Å²) in [7, 11) is 0. The average Bonchev–Trinajstić information content (AvgIpc) is 3.08. The number of hydrogen-bond donors (Lipinski definition) is 2. The second-order valence-electron chi connectivity index (χ2n) is 9.12. The highest BCUT2D eigenvalue weighted by molar-refractivity contribution is 5.86. The van der Waals surface area contributed by atoms with Gasteiger partial charge in [0.15, 0.2) is 0 Å². The largest absolute Gasteiger partial charge is 0.361 e. The molecule has 1 amide bonds. The first kappa shape index (κ1) is 20.2. The van der Waals surface area contributed by atoms with Gasteiger partial charge in [0.05, 0.1) is 0 Å². The van der Waals surface area contributed by atoms with E-state index in [1.54, 1.807) is 0 Å². The molecule has 0 aliphatic heterocycles. The molecule has 2 N–H and O–H groups in total. The Morgan fingerprint density at radius 2 is 1.71 bits per heavy atom. The summed E-state index contributed by atoms with van der Waals surface area (Å²) in [5.41, 5.74) is 4.88. The first-order valence-electron chi connectivity index (χ1n) is 10.2. The third-order valence-corrected chi connectivity index (χ3v) is 5.27. The Morgan fingerprint density at radius 1 is 1.04 bits per heavy atom. The van der Waals surface area contributed by atoms with Gasteiger partial charge < -0.3 is 10.3 Å². The van der Waals surface area contributed by atoms with E-state index >= 15 is 0 Å². The number of fused-ring (bicyclic) bond motifs is 1. The van der Waals surface area contributed by atoms with Crippen LogP contribution in [0.25, 0.3) is 10.9 Å². The summed E-state index contributed by atoms with van der Waals surface area (Å²) in [5.74, 6) is 0.572. The number of benzene rings is 2. The zero-order valence-corrected chi connectivity index (χ0v) is 17.7. The maximum Gasteiger partial charge on any atom is 0.220 e. The fourth-order valence-corrected chi connectivity index (χ4v) is 3.58. The van der Waals surface area contributed by atoms with E-state index in [0.717, 1.165) is 5.52 Å². The maximum atomic E-state index is 12.7. The van der Waals surface area contributed by atoms with Crippen molar-refractivity contribution in [3.05, 3.63) is 71.4 Å². The summed E-state index contributed by atoms with van der Waals surface area (Å²) < 4.78 is 0. The van der Waals surface area contributed by atoms with Crippen LogP contribution in [0.15, 0.2) is 54.7 Å². The van der Waals surface area contributed by atoms with Crippen LogP contribution in [0.4, 0.5) is 0 Å². The molecule has 1 heterocycles. The molecule has 3 heteroatoms. The highest BCUT2D eigenvalue weighted by atomic mass is 16.1. The Morgan fingerprint density at radius 3 is 2.36 bits per heavy atom. The molecule has 1 aromatic heterocycles. The minimum Gasteiger partial charge on any atom is -0.361 e. The van der Waals surface area contributed by atoms with Crippen molar-refractivity contribution in [2.75, 3.05) is 6.54 Å². The number of nitrogens with one attached hydrogen (secondary N) is 2. The highest BCUT2D eigenvalue weighted by Gasteiger charge is 2.22. The van der Waals surface area contributed by atoms with Crippen LogP contribution in [0.1, 0.15) is 63.6 Å². The Balaban J connectivity index is 1.96. The molecule has 0 bridgehead atoms. The second kappa shape index (κ2) is 8.22. The van der Waals surface area contributed by atoms with Crippen LogP contribution in [0.2, 0.25) is 0 Å². The summed E-state index contributed by atoms with van der Waals surface area (Å²) in [5, 5.41) is 4.26.